The standard InChI is InChI=1S/C26H25N7O/c1-15-27-21(18-13-19(18)25-30-20-11-7-8-12-22(20)32(25)3)14-23(28-15)33-26(29-16(2)31-33)24(34)17-9-5-4-6-10-17/h4-12,14,18-19,24,34H,13H2,1-3H3/t18-,19?,24-/m1/s1. The Kier molecular flexibility index (Phi) is 4.77. The molecule has 8 nitrogen and oxygen atoms in total. The second kappa shape index (κ2) is 7.85. The first-order valence-corrected chi connectivity index (χ1v) is 11.4. The zero-order valence-electron chi connectivity index (χ0n) is 19.3. The molecule has 0 radical (unpaired) electrons. The highest BCUT2D eigenvalue weighted by atomic mass is 16.3. The lowest BCUT2D eigenvalue weighted by Gasteiger charge is -2.13. The Bertz CT molecular complexity index is 1500. The normalized spacial score (nSPS) is 18.4. The second-order valence-corrected chi connectivity index (χ2v) is 8.91. The first kappa shape index (κ1) is 20.7. The van der Waals surface area contributed by atoms with Gasteiger partial charge in [0.15, 0.2) is 11.6 Å². The number of aliphatic hydroxyl groups is 1. The molecule has 2 aromatic carbocycles. The SMILES string of the molecule is Cc1nc([C@@H]2CC2c2nc3ccccc3n2C)cc(-n2nc(C)nc2[C@H](O)c2ccccc2)n1. The molecule has 34 heavy (non-hydrogen) atoms. The first-order valence-electron chi connectivity index (χ1n) is 11.4. The number of aliphatic hydroxyl groups excluding tert-OH is 1. The van der Waals surface area contributed by atoms with Crippen LogP contribution in [0.15, 0.2) is 60.7 Å². The molecule has 1 unspecified atom stereocenters. The van der Waals surface area contributed by atoms with Crippen LogP contribution in [0.3, 0.4) is 0 Å². The molecule has 3 atom stereocenters. The molecule has 0 saturated heterocycles. The molecule has 0 bridgehead atoms. The molecule has 8 heteroatoms. The first-order chi connectivity index (χ1) is 16.5. The van der Waals surface area contributed by atoms with E-state index < -0.39 is 6.10 Å². The number of nitrogens with zero attached hydrogens (tertiary/aromatic N) is 7. The highest BCUT2D eigenvalue weighted by Crippen LogP contribution is 2.54. The van der Waals surface area contributed by atoms with E-state index in [4.69, 9.17) is 9.97 Å². The van der Waals surface area contributed by atoms with Gasteiger partial charge in [-0.25, -0.2) is 19.9 Å². The number of imidazole rings is 1. The molecule has 1 aliphatic carbocycles. The zero-order valence-corrected chi connectivity index (χ0v) is 19.3. The Morgan fingerprint density at radius 3 is 2.44 bits per heavy atom. The van der Waals surface area contributed by atoms with E-state index in [0.717, 1.165) is 34.5 Å². The third-order valence-electron chi connectivity index (χ3n) is 6.48. The quantitative estimate of drug-likeness (QED) is 0.435. The third kappa shape index (κ3) is 3.47. The van der Waals surface area contributed by atoms with Crippen LogP contribution in [0.25, 0.3) is 16.9 Å². The van der Waals surface area contributed by atoms with Crippen LogP contribution in [0.5, 0.6) is 0 Å². The van der Waals surface area contributed by atoms with E-state index in [2.05, 4.69) is 38.8 Å². The fourth-order valence-electron chi connectivity index (χ4n) is 4.74. The monoisotopic (exact) mass is 451 g/mol. The number of benzene rings is 2. The molecule has 3 heterocycles. The number of aryl methyl sites for hydroxylation is 3. The Morgan fingerprint density at radius 2 is 1.65 bits per heavy atom. The van der Waals surface area contributed by atoms with Crippen molar-refractivity contribution in [3.05, 3.63) is 95.2 Å². The molecule has 1 aliphatic rings. The molecule has 0 spiro atoms. The molecular formula is C26H25N7O. The predicted molar refractivity (Wildman–Crippen MR) is 128 cm³/mol. The van der Waals surface area contributed by atoms with Crippen LogP contribution in [-0.4, -0.2) is 39.4 Å². The molecule has 6 rings (SSSR count). The maximum atomic E-state index is 11.0. The molecule has 3 aromatic heterocycles. The minimum atomic E-state index is -0.908. The fourth-order valence-corrected chi connectivity index (χ4v) is 4.74. The van der Waals surface area contributed by atoms with Gasteiger partial charge >= 0.3 is 0 Å². The lowest BCUT2D eigenvalue weighted by atomic mass is 10.1. The number of hydrogen-bond acceptors (Lipinski definition) is 6. The van der Waals surface area contributed by atoms with E-state index in [0.29, 0.717) is 29.2 Å². The molecule has 1 fully saturated rings. The van der Waals surface area contributed by atoms with Crippen LogP contribution >= 0.6 is 0 Å². The summed E-state index contributed by atoms with van der Waals surface area (Å²) in [6.45, 7) is 3.70. The summed E-state index contributed by atoms with van der Waals surface area (Å²) >= 11 is 0. The number of rotatable bonds is 5. The summed E-state index contributed by atoms with van der Waals surface area (Å²) < 4.78 is 3.82. The largest absolute Gasteiger partial charge is 0.380 e. The minimum Gasteiger partial charge on any atom is -0.380 e. The lowest BCUT2D eigenvalue weighted by molar-refractivity contribution is 0.206. The second-order valence-electron chi connectivity index (χ2n) is 8.91. The van der Waals surface area contributed by atoms with Crippen molar-refractivity contribution >= 4 is 11.0 Å². The summed E-state index contributed by atoms with van der Waals surface area (Å²) in [6.07, 6.45) is 0.0814. The van der Waals surface area contributed by atoms with Crippen molar-refractivity contribution in [1.29, 1.82) is 0 Å². The number of aromatic nitrogens is 7. The van der Waals surface area contributed by atoms with Crippen molar-refractivity contribution < 1.29 is 5.11 Å². The van der Waals surface area contributed by atoms with Gasteiger partial charge < -0.3 is 9.67 Å². The average Bonchev–Trinajstić information content (AvgIpc) is 3.44. The maximum absolute atomic E-state index is 11.0. The Balaban J connectivity index is 1.35. The van der Waals surface area contributed by atoms with E-state index in [1.54, 1.807) is 4.68 Å². The molecule has 170 valence electrons. The zero-order chi connectivity index (χ0) is 23.4. The van der Waals surface area contributed by atoms with Crippen molar-refractivity contribution in [2.75, 3.05) is 0 Å². The van der Waals surface area contributed by atoms with E-state index in [9.17, 15) is 5.11 Å². The molecule has 1 saturated carbocycles. The summed E-state index contributed by atoms with van der Waals surface area (Å²) in [5, 5.41) is 15.6. The van der Waals surface area contributed by atoms with Crippen molar-refractivity contribution in [3.8, 4) is 5.82 Å². The minimum absolute atomic E-state index is 0.267. The molecular weight excluding hydrogens is 426 g/mol. The van der Waals surface area contributed by atoms with Gasteiger partial charge in [-0.3, -0.25) is 0 Å². The summed E-state index contributed by atoms with van der Waals surface area (Å²) in [6, 6.07) is 19.6. The van der Waals surface area contributed by atoms with Gasteiger partial charge in [0.2, 0.25) is 0 Å². The van der Waals surface area contributed by atoms with Crippen molar-refractivity contribution in [3.63, 3.8) is 0 Å². The highest BCUT2D eigenvalue weighted by Gasteiger charge is 2.44. The van der Waals surface area contributed by atoms with Crippen LogP contribution in [0.4, 0.5) is 0 Å². The summed E-state index contributed by atoms with van der Waals surface area (Å²) in [7, 11) is 2.08. The van der Waals surface area contributed by atoms with Crippen molar-refractivity contribution in [2.24, 2.45) is 7.05 Å². The van der Waals surface area contributed by atoms with E-state index in [-0.39, 0.29) is 5.92 Å². The maximum Gasteiger partial charge on any atom is 0.167 e. The van der Waals surface area contributed by atoms with Crippen LogP contribution in [-0.2, 0) is 7.05 Å². The van der Waals surface area contributed by atoms with Crippen LogP contribution in [0.2, 0.25) is 0 Å². The lowest BCUT2D eigenvalue weighted by Crippen LogP contribution is -2.12. The van der Waals surface area contributed by atoms with Gasteiger partial charge in [0.05, 0.1) is 16.7 Å². The summed E-state index contributed by atoms with van der Waals surface area (Å²) in [5.41, 5.74) is 3.88. The number of hydrogen-bond donors (Lipinski definition) is 1. The van der Waals surface area contributed by atoms with Crippen molar-refractivity contribution in [2.45, 2.75) is 38.2 Å². The smallest absolute Gasteiger partial charge is 0.167 e. The average molecular weight is 452 g/mol. The molecule has 0 aliphatic heterocycles. The molecule has 0 amide bonds. The summed E-state index contributed by atoms with van der Waals surface area (Å²) in [5.74, 6) is 3.96. The Hall–Kier alpha value is -3.91. The van der Waals surface area contributed by atoms with Gasteiger partial charge in [-0.05, 0) is 38.0 Å². The van der Waals surface area contributed by atoms with Crippen LogP contribution in [0.1, 0.15) is 58.9 Å². The van der Waals surface area contributed by atoms with E-state index >= 15 is 0 Å². The van der Waals surface area contributed by atoms with Crippen LogP contribution in [0, 0.1) is 13.8 Å². The molecule has 1 N–H and O–H groups in total. The highest BCUT2D eigenvalue weighted by molar-refractivity contribution is 5.76. The van der Waals surface area contributed by atoms with E-state index in [1.807, 2.05) is 62.4 Å². The molecule has 5 aromatic rings. The van der Waals surface area contributed by atoms with Crippen molar-refractivity contribution in [1.82, 2.24) is 34.3 Å². The van der Waals surface area contributed by atoms with Crippen LogP contribution < -0.4 is 0 Å². The fraction of sp³-hybridized carbons (Fsp3) is 0.269. The Morgan fingerprint density at radius 1 is 0.882 bits per heavy atom. The third-order valence-corrected chi connectivity index (χ3v) is 6.48. The predicted octanol–water partition coefficient (Wildman–Crippen LogP) is 3.91. The number of fused-ring (bicyclic) bond motifs is 1. The van der Waals surface area contributed by atoms with Gasteiger partial charge in [-0.2, -0.15) is 4.68 Å². The number of para-hydroxylation sites is 2. The topological polar surface area (TPSA) is 94.5 Å². The summed E-state index contributed by atoms with van der Waals surface area (Å²) in [4.78, 5) is 18.8. The van der Waals surface area contributed by atoms with Gasteiger partial charge in [0.1, 0.15) is 23.6 Å². The van der Waals surface area contributed by atoms with Gasteiger partial charge in [0.25, 0.3) is 0 Å². The van der Waals surface area contributed by atoms with E-state index in [1.165, 1.54) is 0 Å². The van der Waals surface area contributed by atoms with Gasteiger partial charge in [-0.15, -0.1) is 5.10 Å². The Labute approximate surface area is 197 Å². The van der Waals surface area contributed by atoms with Gasteiger partial charge in [0, 0.05) is 24.9 Å². The van der Waals surface area contributed by atoms with Gasteiger partial charge in [-0.1, -0.05) is 42.5 Å².